The van der Waals surface area contributed by atoms with Crippen molar-refractivity contribution in [3.8, 4) is 0 Å². The van der Waals surface area contributed by atoms with Crippen molar-refractivity contribution in [2.75, 3.05) is 19.6 Å². The van der Waals surface area contributed by atoms with E-state index in [4.69, 9.17) is 0 Å². The van der Waals surface area contributed by atoms with Crippen molar-refractivity contribution in [3.63, 3.8) is 0 Å². The molecule has 0 radical (unpaired) electrons. The maximum Gasteiger partial charge on any atom is 0.320 e. The van der Waals surface area contributed by atoms with Crippen LogP contribution in [0.5, 0.6) is 0 Å². The van der Waals surface area contributed by atoms with Crippen LogP contribution < -0.4 is 5.32 Å². The number of rotatable bonds is 7. The smallest absolute Gasteiger partial charge is 0.320 e. The predicted octanol–water partition coefficient (Wildman–Crippen LogP) is 2.40. The molecule has 23 heavy (non-hydrogen) atoms. The van der Waals surface area contributed by atoms with Crippen molar-refractivity contribution in [3.05, 3.63) is 22.4 Å². The number of amides is 1. The van der Waals surface area contributed by atoms with Crippen LogP contribution in [0, 0.1) is 5.92 Å². The van der Waals surface area contributed by atoms with Gasteiger partial charge in [0.25, 0.3) is 0 Å². The van der Waals surface area contributed by atoms with Gasteiger partial charge in [0.2, 0.25) is 5.91 Å². The minimum Gasteiger partial charge on any atom is -0.480 e. The first-order valence-electron chi connectivity index (χ1n) is 7.88. The van der Waals surface area contributed by atoms with Crippen LogP contribution in [0.4, 0.5) is 0 Å². The molecule has 1 aliphatic heterocycles. The summed E-state index contributed by atoms with van der Waals surface area (Å²) < 4.78 is 0. The maximum absolute atomic E-state index is 12.2. The van der Waals surface area contributed by atoms with Crippen LogP contribution >= 0.6 is 23.7 Å². The number of likely N-dealkylation sites (tertiary alicyclic amines) is 1. The van der Waals surface area contributed by atoms with E-state index in [0.29, 0.717) is 26.1 Å². The lowest BCUT2D eigenvalue weighted by Gasteiger charge is -2.34. The van der Waals surface area contributed by atoms with Gasteiger partial charge in [-0.1, -0.05) is 13.0 Å². The number of carboxylic acids is 1. The fourth-order valence-electron chi connectivity index (χ4n) is 2.97. The highest BCUT2D eigenvalue weighted by Crippen LogP contribution is 2.20. The lowest BCUT2D eigenvalue weighted by molar-refractivity contribution is -0.144. The van der Waals surface area contributed by atoms with Crippen LogP contribution in [0.1, 0.15) is 31.1 Å². The van der Waals surface area contributed by atoms with Gasteiger partial charge in [-0.05, 0) is 50.2 Å². The highest BCUT2D eigenvalue weighted by atomic mass is 35.5. The van der Waals surface area contributed by atoms with Crippen LogP contribution in [-0.4, -0.2) is 47.6 Å². The van der Waals surface area contributed by atoms with E-state index in [1.807, 2.05) is 23.3 Å². The molecule has 0 bridgehead atoms. The second kappa shape index (κ2) is 9.90. The van der Waals surface area contributed by atoms with Gasteiger partial charge in [-0.2, -0.15) is 0 Å². The fraction of sp³-hybridized carbons (Fsp3) is 0.625. The standard InChI is InChI=1S/C16H24N2O3S.ClH/c1-2-14(16(20)21)18-9-6-12(7-10-18)15(19)17-8-5-13-4-3-11-22-13;/h3-4,11-12,14H,2,5-10H2,1H3,(H,17,19)(H,20,21);1H. The number of nitrogens with zero attached hydrogens (tertiary/aromatic N) is 1. The number of carboxylic acid groups (broad SMARTS) is 1. The lowest BCUT2D eigenvalue weighted by Crippen LogP contribution is -2.47. The first-order chi connectivity index (χ1) is 10.6. The largest absolute Gasteiger partial charge is 0.480 e. The summed E-state index contributed by atoms with van der Waals surface area (Å²) in [5.74, 6) is -0.633. The Morgan fingerprint density at radius 3 is 2.65 bits per heavy atom. The van der Waals surface area contributed by atoms with Gasteiger partial charge in [0.05, 0.1) is 0 Å². The summed E-state index contributed by atoms with van der Waals surface area (Å²) in [4.78, 5) is 26.6. The highest BCUT2D eigenvalue weighted by molar-refractivity contribution is 7.09. The Labute approximate surface area is 147 Å². The monoisotopic (exact) mass is 360 g/mol. The van der Waals surface area contributed by atoms with Gasteiger partial charge >= 0.3 is 5.97 Å². The SMILES string of the molecule is CCC(C(=O)O)N1CCC(C(=O)NCCc2cccs2)CC1.Cl. The summed E-state index contributed by atoms with van der Waals surface area (Å²) in [5.41, 5.74) is 0. The molecule has 1 atom stereocenters. The maximum atomic E-state index is 12.2. The predicted molar refractivity (Wildman–Crippen MR) is 94.3 cm³/mol. The van der Waals surface area contributed by atoms with E-state index in [2.05, 4.69) is 11.4 Å². The molecule has 1 aliphatic rings. The van der Waals surface area contributed by atoms with E-state index in [1.165, 1.54) is 4.88 Å². The van der Waals surface area contributed by atoms with Crippen molar-refractivity contribution in [1.29, 1.82) is 0 Å². The summed E-state index contributed by atoms with van der Waals surface area (Å²) in [6, 6.07) is 3.68. The molecular weight excluding hydrogens is 336 g/mol. The molecular formula is C16H25ClN2O3S. The Morgan fingerprint density at radius 2 is 2.13 bits per heavy atom. The van der Waals surface area contributed by atoms with Gasteiger partial charge in [0.1, 0.15) is 6.04 Å². The number of piperidine rings is 1. The third kappa shape index (κ3) is 5.79. The quantitative estimate of drug-likeness (QED) is 0.783. The number of carbonyl (C=O) groups is 2. The third-order valence-electron chi connectivity index (χ3n) is 4.26. The van der Waals surface area contributed by atoms with Crippen LogP contribution in [0.3, 0.4) is 0 Å². The molecule has 7 heteroatoms. The molecule has 1 amide bonds. The van der Waals surface area contributed by atoms with Crippen LogP contribution in [0.2, 0.25) is 0 Å². The van der Waals surface area contributed by atoms with Crippen molar-refractivity contribution < 1.29 is 14.7 Å². The average Bonchev–Trinajstić information content (AvgIpc) is 3.01. The van der Waals surface area contributed by atoms with E-state index < -0.39 is 12.0 Å². The summed E-state index contributed by atoms with van der Waals surface area (Å²) in [6.07, 6.45) is 2.97. The molecule has 1 aromatic heterocycles. The van der Waals surface area contributed by atoms with Crippen molar-refractivity contribution in [1.82, 2.24) is 10.2 Å². The summed E-state index contributed by atoms with van der Waals surface area (Å²) >= 11 is 1.71. The van der Waals surface area contributed by atoms with E-state index in [9.17, 15) is 14.7 Å². The molecule has 2 rings (SSSR count). The molecule has 0 saturated carbocycles. The molecule has 2 N–H and O–H groups in total. The molecule has 1 unspecified atom stereocenters. The summed E-state index contributed by atoms with van der Waals surface area (Å²) in [7, 11) is 0. The van der Waals surface area contributed by atoms with Gasteiger partial charge < -0.3 is 10.4 Å². The van der Waals surface area contributed by atoms with Gasteiger partial charge in [0, 0.05) is 17.3 Å². The topological polar surface area (TPSA) is 69.6 Å². The van der Waals surface area contributed by atoms with Gasteiger partial charge in [-0.3, -0.25) is 14.5 Å². The molecule has 1 fully saturated rings. The number of hydrogen-bond acceptors (Lipinski definition) is 4. The normalized spacial score (nSPS) is 17.3. The number of thiophene rings is 1. The number of aliphatic carboxylic acids is 1. The number of halogens is 1. The van der Waals surface area contributed by atoms with Gasteiger partial charge in [0.15, 0.2) is 0 Å². The van der Waals surface area contributed by atoms with Gasteiger partial charge in [-0.15, -0.1) is 23.7 Å². The molecule has 130 valence electrons. The zero-order valence-electron chi connectivity index (χ0n) is 13.4. The average molecular weight is 361 g/mol. The first-order valence-corrected chi connectivity index (χ1v) is 8.76. The minimum absolute atomic E-state index is 0. The number of carbonyl (C=O) groups excluding carboxylic acids is 1. The van der Waals surface area contributed by atoms with Crippen molar-refractivity contribution in [2.24, 2.45) is 5.92 Å². The van der Waals surface area contributed by atoms with E-state index >= 15 is 0 Å². The Bertz CT molecular complexity index is 488. The van der Waals surface area contributed by atoms with E-state index in [1.54, 1.807) is 11.3 Å². The molecule has 0 spiro atoms. The fourth-order valence-corrected chi connectivity index (χ4v) is 3.68. The Hall–Kier alpha value is -1.11. The van der Waals surface area contributed by atoms with Crippen molar-refractivity contribution >= 4 is 35.6 Å². The number of hydrogen-bond donors (Lipinski definition) is 2. The van der Waals surface area contributed by atoms with E-state index in [-0.39, 0.29) is 24.2 Å². The van der Waals surface area contributed by atoms with E-state index in [0.717, 1.165) is 19.3 Å². The zero-order chi connectivity index (χ0) is 15.9. The van der Waals surface area contributed by atoms with Crippen LogP contribution in [0.25, 0.3) is 0 Å². The van der Waals surface area contributed by atoms with Crippen molar-refractivity contribution in [2.45, 2.75) is 38.6 Å². The lowest BCUT2D eigenvalue weighted by atomic mass is 9.94. The van der Waals surface area contributed by atoms with Crippen LogP contribution in [0.15, 0.2) is 17.5 Å². The first kappa shape index (κ1) is 19.9. The van der Waals surface area contributed by atoms with Gasteiger partial charge in [-0.25, -0.2) is 0 Å². The summed E-state index contributed by atoms with van der Waals surface area (Å²) in [6.45, 7) is 3.94. The molecule has 5 nitrogen and oxygen atoms in total. The minimum atomic E-state index is -0.763. The molecule has 2 heterocycles. The molecule has 1 aromatic rings. The highest BCUT2D eigenvalue weighted by Gasteiger charge is 2.30. The Kier molecular flexibility index (Phi) is 8.58. The van der Waals surface area contributed by atoms with Crippen LogP contribution in [-0.2, 0) is 16.0 Å². The molecule has 1 saturated heterocycles. The number of nitrogens with one attached hydrogen (secondary N) is 1. The molecule has 0 aliphatic carbocycles. The third-order valence-corrected chi connectivity index (χ3v) is 5.20. The second-order valence-corrected chi connectivity index (χ2v) is 6.73. The Morgan fingerprint density at radius 1 is 1.43 bits per heavy atom. The molecule has 0 aromatic carbocycles. The zero-order valence-corrected chi connectivity index (χ0v) is 15.0. The Balaban J connectivity index is 0.00000264. The second-order valence-electron chi connectivity index (χ2n) is 5.69. The summed E-state index contributed by atoms with van der Waals surface area (Å²) in [5, 5.41) is 14.2.